The molecule has 0 aromatic heterocycles. The SMILES string of the molecule is O=CCC(=O)OCCOC(=O)CC=O. The first-order valence-corrected chi connectivity index (χ1v) is 3.89. The van der Waals surface area contributed by atoms with Crippen LogP contribution in [0.4, 0.5) is 0 Å². The van der Waals surface area contributed by atoms with Crippen LogP contribution in [0.1, 0.15) is 12.8 Å². The number of hydrogen-bond donors (Lipinski definition) is 0. The van der Waals surface area contributed by atoms with E-state index in [1.54, 1.807) is 0 Å². The van der Waals surface area contributed by atoms with Gasteiger partial charge in [0.2, 0.25) is 0 Å². The monoisotopic (exact) mass is 202 g/mol. The van der Waals surface area contributed by atoms with Crippen LogP contribution in [-0.2, 0) is 28.7 Å². The Kier molecular flexibility index (Phi) is 6.93. The van der Waals surface area contributed by atoms with Crippen LogP contribution in [0.3, 0.4) is 0 Å². The van der Waals surface area contributed by atoms with Crippen LogP contribution >= 0.6 is 0 Å². The predicted molar refractivity (Wildman–Crippen MR) is 43.3 cm³/mol. The van der Waals surface area contributed by atoms with Gasteiger partial charge in [-0.15, -0.1) is 0 Å². The highest BCUT2D eigenvalue weighted by atomic mass is 16.6. The predicted octanol–water partition coefficient (Wildman–Crippen LogP) is -0.749. The van der Waals surface area contributed by atoms with Crippen molar-refractivity contribution in [2.45, 2.75) is 12.8 Å². The third-order valence-electron chi connectivity index (χ3n) is 1.11. The summed E-state index contributed by atoms with van der Waals surface area (Å²) >= 11 is 0. The fourth-order valence-electron chi connectivity index (χ4n) is 0.565. The van der Waals surface area contributed by atoms with Crippen molar-refractivity contribution >= 4 is 24.5 Å². The Morgan fingerprint density at radius 2 is 1.21 bits per heavy atom. The summed E-state index contributed by atoms with van der Waals surface area (Å²) < 4.78 is 8.95. The van der Waals surface area contributed by atoms with Gasteiger partial charge in [0, 0.05) is 0 Å². The van der Waals surface area contributed by atoms with Crippen molar-refractivity contribution in [3.05, 3.63) is 0 Å². The molecule has 0 unspecified atom stereocenters. The molecular formula is C8H10O6. The first-order chi connectivity index (χ1) is 6.70. The number of hydrogen-bond acceptors (Lipinski definition) is 6. The Balaban J connectivity index is 3.36. The topological polar surface area (TPSA) is 86.7 Å². The summed E-state index contributed by atoms with van der Waals surface area (Å²) in [4.78, 5) is 40.8. The van der Waals surface area contributed by atoms with Gasteiger partial charge in [-0.05, 0) is 0 Å². The Bertz CT molecular complexity index is 198. The van der Waals surface area contributed by atoms with E-state index in [0.717, 1.165) is 0 Å². The molecule has 0 aliphatic heterocycles. The van der Waals surface area contributed by atoms with Crippen LogP contribution in [0.5, 0.6) is 0 Å². The molecule has 0 radical (unpaired) electrons. The average molecular weight is 202 g/mol. The van der Waals surface area contributed by atoms with Crippen LogP contribution in [0.25, 0.3) is 0 Å². The lowest BCUT2D eigenvalue weighted by atomic mass is 10.5. The van der Waals surface area contributed by atoms with Gasteiger partial charge in [0.25, 0.3) is 0 Å². The maximum Gasteiger partial charge on any atom is 0.313 e. The second-order valence-electron chi connectivity index (χ2n) is 2.18. The molecule has 78 valence electrons. The second-order valence-corrected chi connectivity index (χ2v) is 2.18. The maximum absolute atomic E-state index is 10.6. The third-order valence-corrected chi connectivity index (χ3v) is 1.11. The van der Waals surface area contributed by atoms with E-state index >= 15 is 0 Å². The van der Waals surface area contributed by atoms with Crippen molar-refractivity contribution in [1.29, 1.82) is 0 Å². The van der Waals surface area contributed by atoms with Crippen LogP contribution in [0, 0.1) is 0 Å². The van der Waals surface area contributed by atoms with Crippen LogP contribution in [0.15, 0.2) is 0 Å². The Morgan fingerprint density at radius 3 is 1.50 bits per heavy atom. The van der Waals surface area contributed by atoms with Gasteiger partial charge < -0.3 is 19.1 Å². The fraction of sp³-hybridized carbons (Fsp3) is 0.500. The summed E-state index contributed by atoms with van der Waals surface area (Å²) in [5.41, 5.74) is 0. The molecule has 0 heterocycles. The normalized spacial score (nSPS) is 8.86. The highest BCUT2D eigenvalue weighted by Crippen LogP contribution is 1.86. The van der Waals surface area contributed by atoms with E-state index in [2.05, 4.69) is 9.47 Å². The minimum atomic E-state index is -0.675. The molecule has 0 bridgehead atoms. The Labute approximate surface area is 80.2 Å². The lowest BCUT2D eigenvalue weighted by molar-refractivity contribution is -0.153. The van der Waals surface area contributed by atoms with E-state index in [-0.39, 0.29) is 26.1 Å². The van der Waals surface area contributed by atoms with E-state index in [1.165, 1.54) is 0 Å². The largest absolute Gasteiger partial charge is 0.462 e. The number of aldehydes is 2. The molecule has 0 N–H and O–H groups in total. The van der Waals surface area contributed by atoms with Crippen LogP contribution in [-0.4, -0.2) is 37.7 Å². The molecule has 0 atom stereocenters. The van der Waals surface area contributed by atoms with Gasteiger partial charge in [0.15, 0.2) is 0 Å². The summed E-state index contributed by atoms with van der Waals surface area (Å²) in [7, 11) is 0. The van der Waals surface area contributed by atoms with E-state index < -0.39 is 11.9 Å². The van der Waals surface area contributed by atoms with Gasteiger partial charge in [-0.3, -0.25) is 9.59 Å². The third kappa shape index (κ3) is 6.96. The van der Waals surface area contributed by atoms with Gasteiger partial charge in [0.05, 0.1) is 0 Å². The van der Waals surface area contributed by atoms with E-state index in [9.17, 15) is 19.2 Å². The molecule has 0 saturated carbocycles. The number of ether oxygens (including phenoxy) is 2. The number of carbonyl (C=O) groups is 4. The van der Waals surface area contributed by atoms with E-state index in [0.29, 0.717) is 12.6 Å². The van der Waals surface area contributed by atoms with Gasteiger partial charge in [-0.2, -0.15) is 0 Å². The van der Waals surface area contributed by atoms with Crippen molar-refractivity contribution in [3.63, 3.8) is 0 Å². The minimum Gasteiger partial charge on any atom is -0.462 e. The molecule has 0 fully saturated rings. The van der Waals surface area contributed by atoms with Crippen molar-refractivity contribution in [3.8, 4) is 0 Å². The molecule has 0 spiro atoms. The maximum atomic E-state index is 10.6. The molecule has 6 nitrogen and oxygen atoms in total. The van der Waals surface area contributed by atoms with Gasteiger partial charge >= 0.3 is 11.9 Å². The molecule has 0 aromatic rings. The Morgan fingerprint density at radius 1 is 0.857 bits per heavy atom. The first-order valence-electron chi connectivity index (χ1n) is 3.89. The van der Waals surface area contributed by atoms with Gasteiger partial charge in [0.1, 0.15) is 38.6 Å². The van der Waals surface area contributed by atoms with Crippen LogP contribution in [0.2, 0.25) is 0 Å². The van der Waals surface area contributed by atoms with Crippen molar-refractivity contribution < 1.29 is 28.7 Å². The average Bonchev–Trinajstić information content (AvgIpc) is 2.13. The zero-order valence-corrected chi connectivity index (χ0v) is 7.43. The molecular weight excluding hydrogens is 192 g/mol. The minimum absolute atomic E-state index is 0.114. The van der Waals surface area contributed by atoms with Crippen molar-refractivity contribution in [2.75, 3.05) is 13.2 Å². The van der Waals surface area contributed by atoms with Crippen molar-refractivity contribution in [1.82, 2.24) is 0 Å². The molecule has 6 heteroatoms. The van der Waals surface area contributed by atoms with E-state index in [1.807, 2.05) is 0 Å². The molecule has 0 aliphatic rings. The number of esters is 2. The zero-order chi connectivity index (χ0) is 10.8. The summed E-state index contributed by atoms with van der Waals surface area (Å²) in [6, 6.07) is 0. The number of carbonyl (C=O) groups excluding carboxylic acids is 4. The second kappa shape index (κ2) is 7.90. The quantitative estimate of drug-likeness (QED) is 0.233. The standard InChI is InChI=1S/C8H10O6/c9-3-1-7(11)13-5-6-14-8(12)2-4-10/h3-4H,1-2,5-6H2. The summed E-state index contributed by atoms with van der Waals surface area (Å²) in [6.45, 7) is -0.228. The lowest BCUT2D eigenvalue weighted by Crippen LogP contribution is -2.14. The first kappa shape index (κ1) is 12.3. The molecule has 0 saturated heterocycles. The zero-order valence-electron chi connectivity index (χ0n) is 7.43. The number of rotatable bonds is 7. The molecule has 0 aliphatic carbocycles. The van der Waals surface area contributed by atoms with Gasteiger partial charge in [-0.25, -0.2) is 0 Å². The smallest absolute Gasteiger partial charge is 0.313 e. The highest BCUT2D eigenvalue weighted by molar-refractivity contribution is 5.84. The lowest BCUT2D eigenvalue weighted by Gasteiger charge is -2.03. The Hall–Kier alpha value is -1.72. The summed E-state index contributed by atoms with van der Waals surface area (Å²) in [5, 5.41) is 0. The summed E-state index contributed by atoms with van der Waals surface area (Å²) in [5.74, 6) is -1.35. The van der Waals surface area contributed by atoms with Crippen LogP contribution < -0.4 is 0 Å². The fourth-order valence-corrected chi connectivity index (χ4v) is 0.565. The molecule has 0 aromatic carbocycles. The molecule has 0 amide bonds. The van der Waals surface area contributed by atoms with Gasteiger partial charge in [-0.1, -0.05) is 0 Å². The molecule has 0 rings (SSSR count). The summed E-state index contributed by atoms with van der Waals surface area (Å²) in [6.07, 6.45) is 0.200. The highest BCUT2D eigenvalue weighted by Gasteiger charge is 2.03. The molecule has 14 heavy (non-hydrogen) atoms. The van der Waals surface area contributed by atoms with E-state index in [4.69, 9.17) is 0 Å². The van der Waals surface area contributed by atoms with Crippen molar-refractivity contribution in [2.24, 2.45) is 0 Å².